The van der Waals surface area contributed by atoms with E-state index in [1.54, 1.807) is 11.3 Å². The molecule has 0 saturated carbocycles. The maximum absolute atomic E-state index is 9.61. The molecule has 0 radical (unpaired) electrons. The number of rotatable bonds is 4. The molecule has 4 heteroatoms. The van der Waals surface area contributed by atoms with Crippen LogP contribution in [0.4, 0.5) is 5.13 Å². The second kappa shape index (κ2) is 7.10. The number of aliphatic hydroxyl groups is 1. The minimum absolute atomic E-state index is 0.00338. The van der Waals surface area contributed by atoms with Crippen LogP contribution in [0.15, 0.2) is 0 Å². The Labute approximate surface area is 133 Å². The summed E-state index contributed by atoms with van der Waals surface area (Å²) in [4.78, 5) is 8.35. The Morgan fingerprint density at radius 1 is 1.29 bits per heavy atom. The van der Waals surface area contributed by atoms with Crippen molar-refractivity contribution < 1.29 is 5.11 Å². The van der Waals surface area contributed by atoms with Crippen molar-refractivity contribution in [2.75, 3.05) is 18.0 Å². The zero-order valence-electron chi connectivity index (χ0n) is 14.0. The molecule has 0 bridgehead atoms. The number of thiazole rings is 1. The standard InChI is InChI=1S/C17H30N2OS/c1-5-7-13-8-6-10-19(11-9-13)16-18-15(17(2,3)4)14(12-20)21-16/h13,20H,5-12H2,1-4H3. The largest absolute Gasteiger partial charge is 0.391 e. The molecule has 1 fully saturated rings. The predicted octanol–water partition coefficient (Wildman–Crippen LogP) is 4.34. The summed E-state index contributed by atoms with van der Waals surface area (Å²) in [6.45, 7) is 11.1. The van der Waals surface area contributed by atoms with Crippen LogP contribution in [0.3, 0.4) is 0 Å². The van der Waals surface area contributed by atoms with Crippen molar-refractivity contribution in [1.29, 1.82) is 0 Å². The molecule has 21 heavy (non-hydrogen) atoms. The Bertz CT molecular complexity index is 450. The maximum Gasteiger partial charge on any atom is 0.185 e. The first-order valence-corrected chi connectivity index (χ1v) is 9.13. The van der Waals surface area contributed by atoms with Gasteiger partial charge in [-0.25, -0.2) is 4.98 Å². The van der Waals surface area contributed by atoms with E-state index in [2.05, 4.69) is 32.6 Å². The number of aliphatic hydroxyl groups excluding tert-OH is 1. The van der Waals surface area contributed by atoms with Gasteiger partial charge in [-0.1, -0.05) is 51.9 Å². The number of nitrogens with zero attached hydrogens (tertiary/aromatic N) is 2. The highest BCUT2D eigenvalue weighted by Gasteiger charge is 2.25. The molecule has 2 rings (SSSR count). The van der Waals surface area contributed by atoms with Crippen LogP contribution in [0, 0.1) is 5.92 Å². The topological polar surface area (TPSA) is 36.4 Å². The summed E-state index contributed by atoms with van der Waals surface area (Å²) in [5.41, 5.74) is 1.07. The van der Waals surface area contributed by atoms with Gasteiger partial charge < -0.3 is 10.0 Å². The third-order valence-electron chi connectivity index (χ3n) is 4.36. The highest BCUT2D eigenvalue weighted by Crippen LogP contribution is 2.35. The lowest BCUT2D eigenvalue weighted by Crippen LogP contribution is -2.24. The van der Waals surface area contributed by atoms with E-state index < -0.39 is 0 Å². The van der Waals surface area contributed by atoms with E-state index in [-0.39, 0.29) is 12.0 Å². The summed E-state index contributed by atoms with van der Waals surface area (Å²) < 4.78 is 0. The molecule has 0 aliphatic carbocycles. The van der Waals surface area contributed by atoms with Crippen molar-refractivity contribution in [2.24, 2.45) is 5.92 Å². The molecule has 1 saturated heterocycles. The fourth-order valence-electron chi connectivity index (χ4n) is 3.22. The molecule has 1 aliphatic heterocycles. The Kier molecular flexibility index (Phi) is 5.67. The SMILES string of the molecule is CCCC1CCCN(c2nc(C(C)(C)C)c(CO)s2)CC1. The van der Waals surface area contributed by atoms with Crippen molar-refractivity contribution in [3.63, 3.8) is 0 Å². The van der Waals surface area contributed by atoms with Crippen LogP contribution >= 0.6 is 11.3 Å². The lowest BCUT2D eigenvalue weighted by atomic mass is 9.91. The molecule has 1 aliphatic rings. The molecule has 1 N–H and O–H groups in total. The van der Waals surface area contributed by atoms with E-state index in [9.17, 15) is 5.11 Å². The normalized spacial score (nSPS) is 20.6. The van der Waals surface area contributed by atoms with Gasteiger partial charge in [0, 0.05) is 18.5 Å². The number of anilines is 1. The molecule has 120 valence electrons. The molecular weight excluding hydrogens is 280 g/mol. The van der Waals surface area contributed by atoms with Crippen molar-refractivity contribution in [3.8, 4) is 0 Å². The summed E-state index contributed by atoms with van der Waals surface area (Å²) in [6, 6.07) is 0. The molecule has 2 heterocycles. The third kappa shape index (κ3) is 4.19. The fourth-order valence-corrected chi connectivity index (χ4v) is 4.40. The van der Waals surface area contributed by atoms with Gasteiger partial charge >= 0.3 is 0 Å². The van der Waals surface area contributed by atoms with E-state index >= 15 is 0 Å². The van der Waals surface area contributed by atoms with Gasteiger partial charge in [0.1, 0.15) is 0 Å². The first kappa shape index (κ1) is 16.8. The van der Waals surface area contributed by atoms with Gasteiger partial charge in [-0.15, -0.1) is 0 Å². The molecular formula is C17H30N2OS. The number of hydrogen-bond acceptors (Lipinski definition) is 4. The average Bonchev–Trinajstić information content (AvgIpc) is 2.74. The molecule has 0 amide bonds. The maximum atomic E-state index is 9.61. The van der Waals surface area contributed by atoms with Crippen LogP contribution in [0.5, 0.6) is 0 Å². The van der Waals surface area contributed by atoms with Crippen LogP contribution in [-0.4, -0.2) is 23.2 Å². The minimum Gasteiger partial charge on any atom is -0.391 e. The van der Waals surface area contributed by atoms with Gasteiger partial charge in [-0.3, -0.25) is 0 Å². The molecule has 1 unspecified atom stereocenters. The number of aromatic nitrogens is 1. The molecule has 1 atom stereocenters. The first-order chi connectivity index (χ1) is 9.95. The predicted molar refractivity (Wildman–Crippen MR) is 91.2 cm³/mol. The van der Waals surface area contributed by atoms with Gasteiger partial charge in [0.15, 0.2) is 5.13 Å². The van der Waals surface area contributed by atoms with E-state index in [0.29, 0.717) is 0 Å². The second-order valence-electron chi connectivity index (χ2n) is 7.25. The van der Waals surface area contributed by atoms with Crippen LogP contribution in [0.2, 0.25) is 0 Å². The molecule has 3 nitrogen and oxygen atoms in total. The first-order valence-electron chi connectivity index (χ1n) is 8.31. The van der Waals surface area contributed by atoms with E-state index in [1.807, 2.05) is 0 Å². The van der Waals surface area contributed by atoms with Gasteiger partial charge in [-0.05, 0) is 25.2 Å². The zero-order valence-corrected chi connectivity index (χ0v) is 14.8. The smallest absolute Gasteiger partial charge is 0.185 e. The molecule has 1 aromatic heterocycles. The Balaban J connectivity index is 2.13. The van der Waals surface area contributed by atoms with Crippen molar-refractivity contribution in [3.05, 3.63) is 10.6 Å². The summed E-state index contributed by atoms with van der Waals surface area (Å²) >= 11 is 1.68. The van der Waals surface area contributed by atoms with Gasteiger partial charge in [0.05, 0.1) is 17.2 Å². The highest BCUT2D eigenvalue weighted by molar-refractivity contribution is 7.15. The van der Waals surface area contributed by atoms with E-state index in [1.165, 1.54) is 32.1 Å². The lowest BCUT2D eigenvalue weighted by molar-refractivity contribution is 0.282. The minimum atomic E-state index is 0.00338. The molecule has 1 aromatic rings. The summed E-state index contributed by atoms with van der Waals surface area (Å²) in [6.07, 6.45) is 6.57. The van der Waals surface area contributed by atoms with Crippen LogP contribution < -0.4 is 4.90 Å². The van der Waals surface area contributed by atoms with Crippen molar-refractivity contribution in [1.82, 2.24) is 4.98 Å². The highest BCUT2D eigenvalue weighted by atomic mass is 32.1. The van der Waals surface area contributed by atoms with Crippen molar-refractivity contribution in [2.45, 2.75) is 71.8 Å². The summed E-state index contributed by atoms with van der Waals surface area (Å²) in [5, 5.41) is 10.7. The molecule has 0 aromatic carbocycles. The Morgan fingerprint density at radius 3 is 2.62 bits per heavy atom. The van der Waals surface area contributed by atoms with Crippen molar-refractivity contribution >= 4 is 16.5 Å². The summed E-state index contributed by atoms with van der Waals surface area (Å²) in [7, 11) is 0. The molecule has 0 spiro atoms. The Hall–Kier alpha value is -0.610. The van der Waals surface area contributed by atoms with Crippen LogP contribution in [0.25, 0.3) is 0 Å². The quantitative estimate of drug-likeness (QED) is 0.898. The number of hydrogen-bond donors (Lipinski definition) is 1. The Morgan fingerprint density at radius 2 is 2.05 bits per heavy atom. The van der Waals surface area contributed by atoms with E-state index in [0.717, 1.165) is 34.7 Å². The monoisotopic (exact) mass is 310 g/mol. The summed E-state index contributed by atoms with van der Waals surface area (Å²) in [5.74, 6) is 0.888. The van der Waals surface area contributed by atoms with Gasteiger partial charge in [0.25, 0.3) is 0 Å². The van der Waals surface area contributed by atoms with E-state index in [4.69, 9.17) is 4.98 Å². The second-order valence-corrected chi connectivity index (χ2v) is 8.31. The third-order valence-corrected chi connectivity index (χ3v) is 5.46. The lowest BCUT2D eigenvalue weighted by Gasteiger charge is -2.20. The van der Waals surface area contributed by atoms with Crippen LogP contribution in [-0.2, 0) is 12.0 Å². The van der Waals surface area contributed by atoms with Crippen LogP contribution in [0.1, 0.15) is 70.4 Å². The van der Waals surface area contributed by atoms with Gasteiger partial charge in [0.2, 0.25) is 0 Å². The zero-order chi connectivity index (χ0) is 15.5. The van der Waals surface area contributed by atoms with Gasteiger partial charge in [-0.2, -0.15) is 0 Å². The fraction of sp³-hybridized carbons (Fsp3) is 0.824. The average molecular weight is 311 g/mol.